The van der Waals surface area contributed by atoms with Crippen LogP contribution in [-0.4, -0.2) is 19.9 Å². The van der Waals surface area contributed by atoms with Crippen molar-refractivity contribution >= 4 is 34.0 Å². The van der Waals surface area contributed by atoms with Crippen molar-refractivity contribution in [1.82, 2.24) is 15.0 Å². The minimum absolute atomic E-state index is 0.0441. The van der Waals surface area contributed by atoms with Crippen molar-refractivity contribution in [3.8, 4) is 0 Å². The Labute approximate surface area is 111 Å². The molecule has 0 atom stereocenters. The Hall–Kier alpha value is -2.48. The number of benzene rings is 1. The number of non-ortho nitro benzene ring substituents is 1. The molecule has 2 heterocycles. The molecule has 0 fully saturated rings. The van der Waals surface area contributed by atoms with E-state index in [1.54, 1.807) is 23.6 Å². The average Bonchev–Trinajstić information content (AvgIpc) is 3.04. The molecule has 3 aromatic rings. The molecule has 0 aliphatic rings. The van der Waals surface area contributed by atoms with Crippen LogP contribution in [0.3, 0.4) is 0 Å². The predicted molar refractivity (Wildman–Crippen MR) is 72.2 cm³/mol. The number of anilines is 1. The fourth-order valence-electron chi connectivity index (χ4n) is 1.69. The number of imidazole rings is 1. The maximum absolute atomic E-state index is 10.7. The van der Waals surface area contributed by atoms with Crippen LogP contribution in [0.25, 0.3) is 11.0 Å². The molecular weight excluding hydrogens is 266 g/mol. The first-order valence-corrected chi connectivity index (χ1v) is 6.37. The second-order valence-electron chi connectivity index (χ2n) is 3.82. The van der Waals surface area contributed by atoms with E-state index in [4.69, 9.17) is 0 Å². The van der Waals surface area contributed by atoms with Crippen LogP contribution in [0, 0.1) is 10.1 Å². The number of aromatic amines is 1. The lowest BCUT2D eigenvalue weighted by molar-refractivity contribution is -0.384. The van der Waals surface area contributed by atoms with Gasteiger partial charge in [0, 0.05) is 23.7 Å². The second kappa shape index (κ2) is 4.65. The molecule has 3 rings (SSSR count). The highest BCUT2D eigenvalue weighted by molar-refractivity contribution is 7.09. The van der Waals surface area contributed by atoms with E-state index in [2.05, 4.69) is 20.3 Å². The van der Waals surface area contributed by atoms with E-state index < -0.39 is 4.92 Å². The van der Waals surface area contributed by atoms with Crippen LogP contribution in [0.15, 0.2) is 29.8 Å². The van der Waals surface area contributed by atoms with Crippen LogP contribution in [0.2, 0.25) is 0 Å². The van der Waals surface area contributed by atoms with E-state index in [9.17, 15) is 10.1 Å². The molecule has 8 heteroatoms. The fraction of sp³-hybridized carbons (Fsp3) is 0.0909. The van der Waals surface area contributed by atoms with Crippen molar-refractivity contribution in [1.29, 1.82) is 0 Å². The summed E-state index contributed by atoms with van der Waals surface area (Å²) in [6, 6.07) is 4.53. The second-order valence-corrected chi connectivity index (χ2v) is 4.80. The number of hydrogen-bond donors (Lipinski definition) is 2. The third-order valence-corrected chi connectivity index (χ3v) is 3.35. The molecule has 2 N–H and O–H groups in total. The van der Waals surface area contributed by atoms with Crippen LogP contribution in [0.5, 0.6) is 0 Å². The summed E-state index contributed by atoms with van der Waals surface area (Å²) >= 11 is 1.55. The minimum atomic E-state index is -0.428. The summed E-state index contributed by atoms with van der Waals surface area (Å²) in [6.45, 7) is 0.569. The Morgan fingerprint density at radius 1 is 1.47 bits per heavy atom. The molecule has 1 aromatic carbocycles. The standard InChI is InChI=1S/C11H9N5O2S/c17-16(18)7-1-2-8-9(5-7)15-11(14-8)13-6-10-12-3-4-19-10/h1-5H,6H2,(H2,13,14,15). The van der Waals surface area contributed by atoms with Crippen molar-refractivity contribution in [3.05, 3.63) is 44.9 Å². The van der Waals surface area contributed by atoms with E-state index in [-0.39, 0.29) is 5.69 Å². The Kier molecular flexibility index (Phi) is 2.84. The predicted octanol–water partition coefficient (Wildman–Crippen LogP) is 2.54. The van der Waals surface area contributed by atoms with Gasteiger partial charge in [-0.25, -0.2) is 9.97 Å². The zero-order valence-electron chi connectivity index (χ0n) is 9.66. The molecule has 2 aromatic heterocycles. The molecule has 19 heavy (non-hydrogen) atoms. The molecule has 0 aliphatic carbocycles. The molecule has 0 spiro atoms. The molecular formula is C11H9N5O2S. The summed E-state index contributed by atoms with van der Waals surface area (Å²) in [4.78, 5) is 21.7. The fourth-order valence-corrected chi connectivity index (χ4v) is 2.25. The van der Waals surface area contributed by atoms with Gasteiger partial charge in [0.05, 0.1) is 22.5 Å². The summed E-state index contributed by atoms with van der Waals surface area (Å²) in [6.07, 6.45) is 1.74. The number of thiazole rings is 1. The van der Waals surface area contributed by atoms with Gasteiger partial charge in [-0.1, -0.05) is 0 Å². The third-order valence-electron chi connectivity index (χ3n) is 2.57. The van der Waals surface area contributed by atoms with Crippen LogP contribution in [0.1, 0.15) is 5.01 Å². The van der Waals surface area contributed by atoms with Crippen molar-refractivity contribution < 1.29 is 4.92 Å². The first-order valence-electron chi connectivity index (χ1n) is 5.49. The van der Waals surface area contributed by atoms with Crippen LogP contribution in [-0.2, 0) is 6.54 Å². The van der Waals surface area contributed by atoms with Crippen LogP contribution < -0.4 is 5.32 Å². The quantitative estimate of drug-likeness (QED) is 0.563. The van der Waals surface area contributed by atoms with Gasteiger partial charge in [0.1, 0.15) is 5.01 Å². The zero-order valence-corrected chi connectivity index (χ0v) is 10.5. The topological polar surface area (TPSA) is 96.7 Å². The molecule has 0 saturated carbocycles. The monoisotopic (exact) mass is 275 g/mol. The summed E-state index contributed by atoms with van der Waals surface area (Å²) in [5, 5.41) is 16.6. The highest BCUT2D eigenvalue weighted by atomic mass is 32.1. The smallest absolute Gasteiger partial charge is 0.271 e. The summed E-state index contributed by atoms with van der Waals surface area (Å²) in [5.74, 6) is 0.575. The lowest BCUT2D eigenvalue weighted by Gasteiger charge is -1.97. The van der Waals surface area contributed by atoms with Gasteiger partial charge < -0.3 is 10.3 Å². The Morgan fingerprint density at radius 2 is 2.37 bits per heavy atom. The number of nitro benzene ring substituents is 1. The van der Waals surface area contributed by atoms with Crippen molar-refractivity contribution in [2.45, 2.75) is 6.54 Å². The van der Waals surface area contributed by atoms with Crippen LogP contribution >= 0.6 is 11.3 Å². The summed E-state index contributed by atoms with van der Waals surface area (Å²) in [5.41, 5.74) is 1.37. The lowest BCUT2D eigenvalue weighted by Crippen LogP contribution is -1.99. The van der Waals surface area contributed by atoms with Gasteiger partial charge in [0.15, 0.2) is 0 Å². The van der Waals surface area contributed by atoms with Crippen molar-refractivity contribution in [2.24, 2.45) is 0 Å². The maximum Gasteiger partial charge on any atom is 0.271 e. The van der Waals surface area contributed by atoms with Gasteiger partial charge in [-0.15, -0.1) is 11.3 Å². The van der Waals surface area contributed by atoms with E-state index in [0.717, 1.165) is 5.01 Å². The number of aromatic nitrogens is 3. The van der Waals surface area contributed by atoms with E-state index in [0.29, 0.717) is 23.5 Å². The lowest BCUT2D eigenvalue weighted by atomic mass is 10.3. The number of rotatable bonds is 4. The Bertz CT molecular complexity index is 722. The number of fused-ring (bicyclic) bond motifs is 1. The Balaban J connectivity index is 1.83. The average molecular weight is 275 g/mol. The zero-order chi connectivity index (χ0) is 13.2. The van der Waals surface area contributed by atoms with Crippen molar-refractivity contribution in [2.75, 3.05) is 5.32 Å². The minimum Gasteiger partial charge on any atom is -0.349 e. The van der Waals surface area contributed by atoms with Crippen LogP contribution in [0.4, 0.5) is 11.6 Å². The van der Waals surface area contributed by atoms with E-state index >= 15 is 0 Å². The molecule has 0 radical (unpaired) electrons. The number of H-pyrrole nitrogens is 1. The normalized spacial score (nSPS) is 10.7. The number of nitrogens with zero attached hydrogens (tertiary/aromatic N) is 3. The maximum atomic E-state index is 10.7. The van der Waals surface area contributed by atoms with Gasteiger partial charge in [-0.3, -0.25) is 10.1 Å². The summed E-state index contributed by atoms with van der Waals surface area (Å²) in [7, 11) is 0. The highest BCUT2D eigenvalue weighted by Crippen LogP contribution is 2.20. The number of hydrogen-bond acceptors (Lipinski definition) is 6. The molecule has 96 valence electrons. The van der Waals surface area contributed by atoms with Gasteiger partial charge in [-0.05, 0) is 6.07 Å². The van der Waals surface area contributed by atoms with Gasteiger partial charge in [-0.2, -0.15) is 0 Å². The van der Waals surface area contributed by atoms with Crippen molar-refractivity contribution in [3.63, 3.8) is 0 Å². The number of nitrogens with one attached hydrogen (secondary N) is 2. The van der Waals surface area contributed by atoms with E-state index in [1.807, 2.05) is 5.38 Å². The van der Waals surface area contributed by atoms with Gasteiger partial charge >= 0.3 is 0 Å². The Morgan fingerprint density at radius 3 is 3.11 bits per heavy atom. The molecule has 0 amide bonds. The highest BCUT2D eigenvalue weighted by Gasteiger charge is 2.09. The van der Waals surface area contributed by atoms with Gasteiger partial charge in [0.25, 0.3) is 5.69 Å². The van der Waals surface area contributed by atoms with E-state index in [1.165, 1.54) is 12.1 Å². The first kappa shape index (κ1) is 11.6. The molecule has 0 saturated heterocycles. The first-order chi connectivity index (χ1) is 9.22. The SMILES string of the molecule is O=[N+]([O-])c1ccc2nc(NCc3nccs3)[nH]c2c1. The molecule has 7 nitrogen and oxygen atoms in total. The number of nitro groups is 1. The molecule has 0 unspecified atom stereocenters. The molecule has 0 aliphatic heterocycles. The summed E-state index contributed by atoms with van der Waals surface area (Å²) < 4.78 is 0. The molecule has 0 bridgehead atoms. The largest absolute Gasteiger partial charge is 0.349 e. The third kappa shape index (κ3) is 2.38. The van der Waals surface area contributed by atoms with Gasteiger partial charge in [0.2, 0.25) is 5.95 Å².